The summed E-state index contributed by atoms with van der Waals surface area (Å²) in [5.41, 5.74) is 5.25. The summed E-state index contributed by atoms with van der Waals surface area (Å²) in [4.78, 5) is 9.40. The second-order valence-electron chi connectivity index (χ2n) is 6.56. The number of nitrogens with zero attached hydrogens (tertiary/aromatic N) is 5. The largest absolute Gasteiger partial charge is 0.378 e. The van der Waals surface area contributed by atoms with Crippen LogP contribution >= 0.6 is 12.1 Å². The summed E-state index contributed by atoms with van der Waals surface area (Å²) in [5.74, 6) is 0.878. The Kier molecular flexibility index (Phi) is 5.31. The number of methoxy groups -OCH3 is 1. The molecule has 27 heavy (non-hydrogen) atoms. The van der Waals surface area contributed by atoms with Crippen LogP contribution in [0.3, 0.4) is 0 Å². The van der Waals surface area contributed by atoms with E-state index in [0.29, 0.717) is 13.2 Å². The molecule has 0 spiro atoms. The molecule has 0 radical (unpaired) electrons. The Morgan fingerprint density at radius 1 is 1.33 bits per heavy atom. The molecule has 0 aliphatic carbocycles. The van der Waals surface area contributed by atoms with Crippen LogP contribution in [0.1, 0.15) is 17.7 Å². The number of hydrogen-bond acceptors (Lipinski definition) is 6. The van der Waals surface area contributed by atoms with Gasteiger partial charge in [0, 0.05) is 44.0 Å². The normalized spacial score (nSPS) is 14.9. The maximum atomic E-state index is 5.47. The highest BCUT2D eigenvalue weighted by Crippen LogP contribution is 2.31. The summed E-state index contributed by atoms with van der Waals surface area (Å²) in [5, 5.41) is 0. The van der Waals surface area contributed by atoms with E-state index in [2.05, 4.69) is 31.7 Å². The zero-order valence-corrected chi connectivity index (χ0v) is 16.6. The second kappa shape index (κ2) is 7.85. The zero-order valence-electron chi connectivity index (χ0n) is 15.8. The van der Waals surface area contributed by atoms with Gasteiger partial charge in [-0.1, -0.05) is 6.08 Å². The summed E-state index contributed by atoms with van der Waals surface area (Å²) >= 11 is 1.58. The lowest BCUT2D eigenvalue weighted by molar-refractivity contribution is 0.161. The molecule has 0 saturated heterocycles. The number of pyridine rings is 1. The Balaban J connectivity index is 1.89. The highest BCUT2D eigenvalue weighted by atomic mass is 32.2. The molecule has 142 valence electrons. The number of fused-ring (bicyclic) bond motifs is 1. The van der Waals surface area contributed by atoms with Crippen molar-refractivity contribution in [1.29, 1.82) is 0 Å². The molecule has 1 aliphatic heterocycles. The third kappa shape index (κ3) is 3.79. The van der Waals surface area contributed by atoms with Crippen LogP contribution in [0.25, 0.3) is 22.6 Å². The second-order valence-corrected chi connectivity index (χ2v) is 7.85. The Morgan fingerprint density at radius 3 is 2.96 bits per heavy atom. The molecule has 0 unspecified atom stereocenters. The van der Waals surface area contributed by atoms with Crippen LogP contribution in [0.15, 0.2) is 36.9 Å². The summed E-state index contributed by atoms with van der Waals surface area (Å²) in [7, 11) is 5.71. The van der Waals surface area contributed by atoms with Gasteiger partial charge < -0.3 is 13.9 Å². The van der Waals surface area contributed by atoms with Crippen molar-refractivity contribution in [3.05, 3.63) is 48.2 Å². The van der Waals surface area contributed by atoms with Crippen LogP contribution in [0.4, 0.5) is 0 Å². The molecule has 0 fully saturated rings. The topological polar surface area (TPSA) is 56.8 Å². The van der Waals surface area contributed by atoms with Crippen LogP contribution in [0.5, 0.6) is 0 Å². The van der Waals surface area contributed by atoms with Gasteiger partial charge in [0.2, 0.25) is 0 Å². The van der Waals surface area contributed by atoms with E-state index in [0.717, 1.165) is 35.8 Å². The molecular weight excluding hydrogens is 362 g/mol. The van der Waals surface area contributed by atoms with E-state index in [-0.39, 0.29) is 0 Å². The fourth-order valence-corrected chi connectivity index (χ4v) is 3.90. The van der Waals surface area contributed by atoms with E-state index >= 15 is 0 Å². The average molecular weight is 385 g/mol. The minimum Gasteiger partial charge on any atom is -0.378 e. The zero-order chi connectivity index (χ0) is 18.8. The van der Waals surface area contributed by atoms with Crippen LogP contribution in [-0.2, 0) is 16.1 Å². The van der Waals surface area contributed by atoms with Gasteiger partial charge in [0.05, 0.1) is 31.1 Å². The lowest BCUT2D eigenvalue weighted by Gasteiger charge is -2.16. The van der Waals surface area contributed by atoms with E-state index in [1.165, 1.54) is 11.1 Å². The SMILES string of the molecule is COCc1cn2cc(C3=CCOCC3)cc(-c3nccn3SN(C)C)c2n1. The Morgan fingerprint density at radius 2 is 2.22 bits per heavy atom. The molecule has 3 aromatic heterocycles. The van der Waals surface area contributed by atoms with Crippen LogP contribution in [-0.4, -0.2) is 57.1 Å². The van der Waals surface area contributed by atoms with Gasteiger partial charge in [0.15, 0.2) is 5.82 Å². The molecule has 8 heteroatoms. The Labute approximate surface area is 162 Å². The molecule has 4 rings (SSSR count). The van der Waals surface area contributed by atoms with E-state index in [4.69, 9.17) is 14.5 Å². The third-order valence-electron chi connectivity index (χ3n) is 4.33. The maximum absolute atomic E-state index is 5.47. The van der Waals surface area contributed by atoms with Gasteiger partial charge in [-0.3, -0.25) is 3.97 Å². The molecule has 0 amide bonds. The number of aromatic nitrogens is 4. The fourth-order valence-electron chi connectivity index (χ4n) is 3.22. The monoisotopic (exact) mass is 385 g/mol. The highest BCUT2D eigenvalue weighted by molar-refractivity contribution is 7.95. The van der Waals surface area contributed by atoms with Crippen molar-refractivity contribution in [2.75, 3.05) is 34.4 Å². The van der Waals surface area contributed by atoms with Crippen molar-refractivity contribution in [2.45, 2.75) is 13.0 Å². The quantitative estimate of drug-likeness (QED) is 0.608. The molecule has 0 saturated carbocycles. The summed E-state index contributed by atoms with van der Waals surface area (Å²) in [6.07, 6.45) is 11.0. The van der Waals surface area contributed by atoms with Gasteiger partial charge >= 0.3 is 0 Å². The van der Waals surface area contributed by atoms with E-state index in [1.807, 2.05) is 37.0 Å². The Bertz CT molecular complexity index is 976. The summed E-state index contributed by atoms with van der Waals surface area (Å²) in [6, 6.07) is 2.19. The van der Waals surface area contributed by atoms with Crippen molar-refractivity contribution < 1.29 is 9.47 Å². The molecule has 0 N–H and O–H groups in total. The van der Waals surface area contributed by atoms with Gasteiger partial charge in [-0.25, -0.2) is 14.3 Å². The standard InChI is InChI=1S/C19H23N5O2S/c1-22(2)27-24-7-6-20-18(24)17-10-15(14-4-8-26-9-5-14)11-23-12-16(13-25-3)21-19(17)23/h4,6-7,10-12H,5,8-9,13H2,1-3H3. The van der Waals surface area contributed by atoms with Gasteiger partial charge in [-0.05, 0) is 37.7 Å². The number of imidazole rings is 2. The van der Waals surface area contributed by atoms with Crippen molar-refractivity contribution in [3.63, 3.8) is 0 Å². The molecule has 4 heterocycles. The Hall–Kier alpha value is -2.13. The predicted molar refractivity (Wildman–Crippen MR) is 107 cm³/mol. The molecule has 1 aliphatic rings. The highest BCUT2D eigenvalue weighted by Gasteiger charge is 2.17. The van der Waals surface area contributed by atoms with Crippen molar-refractivity contribution >= 4 is 23.4 Å². The lowest BCUT2D eigenvalue weighted by Crippen LogP contribution is -2.07. The van der Waals surface area contributed by atoms with Gasteiger partial charge in [0.25, 0.3) is 0 Å². The first kappa shape index (κ1) is 18.2. The van der Waals surface area contributed by atoms with E-state index in [1.54, 1.807) is 19.2 Å². The molecule has 7 nitrogen and oxygen atoms in total. The number of ether oxygens (including phenoxy) is 2. The number of hydrogen-bond donors (Lipinski definition) is 0. The van der Waals surface area contributed by atoms with Gasteiger partial charge in [-0.2, -0.15) is 0 Å². The lowest BCUT2D eigenvalue weighted by atomic mass is 10.0. The summed E-state index contributed by atoms with van der Waals surface area (Å²) < 4.78 is 16.9. The molecule has 0 aromatic carbocycles. The fraction of sp³-hybridized carbons (Fsp3) is 0.368. The van der Waals surface area contributed by atoms with Crippen LogP contribution < -0.4 is 0 Å². The van der Waals surface area contributed by atoms with Crippen molar-refractivity contribution in [1.82, 2.24) is 22.6 Å². The van der Waals surface area contributed by atoms with Crippen LogP contribution in [0, 0.1) is 0 Å². The number of rotatable bonds is 6. The third-order valence-corrected chi connectivity index (χ3v) is 5.12. The minimum atomic E-state index is 0.480. The maximum Gasteiger partial charge on any atom is 0.154 e. The predicted octanol–water partition coefficient (Wildman–Crippen LogP) is 3.12. The van der Waals surface area contributed by atoms with E-state index in [9.17, 15) is 0 Å². The van der Waals surface area contributed by atoms with Crippen LogP contribution in [0.2, 0.25) is 0 Å². The first-order valence-electron chi connectivity index (χ1n) is 8.83. The molecule has 0 atom stereocenters. The van der Waals surface area contributed by atoms with Crippen molar-refractivity contribution in [2.24, 2.45) is 0 Å². The van der Waals surface area contributed by atoms with E-state index < -0.39 is 0 Å². The first-order valence-corrected chi connectivity index (χ1v) is 9.56. The molecular formula is C19H23N5O2S. The smallest absolute Gasteiger partial charge is 0.154 e. The first-order chi connectivity index (χ1) is 13.2. The van der Waals surface area contributed by atoms with Gasteiger partial charge in [-0.15, -0.1) is 0 Å². The molecule has 3 aromatic rings. The van der Waals surface area contributed by atoms with Gasteiger partial charge in [0.1, 0.15) is 5.65 Å². The molecule has 0 bridgehead atoms. The summed E-state index contributed by atoms with van der Waals surface area (Å²) in [6.45, 7) is 1.89. The van der Waals surface area contributed by atoms with Crippen molar-refractivity contribution in [3.8, 4) is 11.4 Å². The average Bonchev–Trinajstić information content (AvgIpc) is 3.27. The minimum absolute atomic E-state index is 0.480.